The molecule has 5 unspecified atom stereocenters. The van der Waals surface area contributed by atoms with Crippen LogP contribution < -0.4 is 11.3 Å². The number of benzene rings is 1. The number of rotatable bonds is 4. The molecule has 3 nitrogen and oxygen atoms in total. The molecular formula is C15H22Cl2N2O. The number of hydrazine groups is 1. The first-order valence-electron chi connectivity index (χ1n) is 7.00. The van der Waals surface area contributed by atoms with E-state index in [0.29, 0.717) is 28.3 Å². The highest BCUT2D eigenvalue weighted by molar-refractivity contribution is 6.36. The van der Waals surface area contributed by atoms with Crippen molar-refractivity contribution in [1.82, 2.24) is 5.43 Å². The van der Waals surface area contributed by atoms with Gasteiger partial charge in [-0.2, -0.15) is 0 Å². The number of nitrogens with one attached hydrogen (secondary N) is 1. The molecule has 0 aromatic heterocycles. The first-order valence-corrected chi connectivity index (χ1v) is 7.75. The summed E-state index contributed by atoms with van der Waals surface area (Å²) in [6.45, 7) is 6.41. The Morgan fingerprint density at radius 1 is 1.20 bits per heavy atom. The predicted molar refractivity (Wildman–Crippen MR) is 83.9 cm³/mol. The highest BCUT2D eigenvalue weighted by atomic mass is 35.5. The van der Waals surface area contributed by atoms with Crippen LogP contribution in [0, 0.1) is 11.8 Å². The maximum Gasteiger partial charge on any atom is 0.0597 e. The maximum absolute atomic E-state index is 6.25. The quantitative estimate of drug-likeness (QED) is 0.661. The third-order valence-corrected chi connectivity index (χ3v) is 5.19. The molecule has 0 bridgehead atoms. The van der Waals surface area contributed by atoms with Crippen LogP contribution in [0.25, 0.3) is 0 Å². The fraction of sp³-hybridized carbons (Fsp3) is 0.600. The zero-order chi connectivity index (χ0) is 14.9. The average Bonchev–Trinajstić information content (AvgIpc) is 2.64. The van der Waals surface area contributed by atoms with E-state index < -0.39 is 0 Å². The Morgan fingerprint density at radius 3 is 2.25 bits per heavy atom. The molecule has 5 atom stereocenters. The summed E-state index contributed by atoms with van der Waals surface area (Å²) in [4.78, 5) is 0. The van der Waals surface area contributed by atoms with Crippen molar-refractivity contribution in [3.05, 3.63) is 33.8 Å². The van der Waals surface area contributed by atoms with Crippen LogP contribution in [0.5, 0.6) is 0 Å². The molecule has 5 heteroatoms. The average molecular weight is 317 g/mol. The highest BCUT2D eigenvalue weighted by Gasteiger charge is 2.41. The maximum atomic E-state index is 6.25. The monoisotopic (exact) mass is 316 g/mol. The van der Waals surface area contributed by atoms with Gasteiger partial charge in [0.1, 0.15) is 0 Å². The van der Waals surface area contributed by atoms with Gasteiger partial charge in [0.15, 0.2) is 0 Å². The first-order chi connectivity index (χ1) is 9.45. The van der Waals surface area contributed by atoms with E-state index in [1.807, 2.05) is 18.2 Å². The third kappa shape index (κ3) is 3.12. The van der Waals surface area contributed by atoms with Gasteiger partial charge in [-0.1, -0.05) is 36.2 Å². The van der Waals surface area contributed by atoms with Crippen molar-refractivity contribution in [1.29, 1.82) is 0 Å². The fourth-order valence-corrected chi connectivity index (χ4v) is 3.79. The number of ether oxygens (including phenoxy) is 1. The summed E-state index contributed by atoms with van der Waals surface area (Å²) < 4.78 is 5.91. The smallest absolute Gasteiger partial charge is 0.0597 e. The summed E-state index contributed by atoms with van der Waals surface area (Å²) in [5.41, 5.74) is 3.87. The molecule has 0 amide bonds. The molecule has 0 aliphatic carbocycles. The van der Waals surface area contributed by atoms with Gasteiger partial charge in [0, 0.05) is 22.0 Å². The summed E-state index contributed by atoms with van der Waals surface area (Å²) in [5.74, 6) is 6.55. The number of nitrogens with two attached hydrogens (primary N) is 1. The van der Waals surface area contributed by atoms with Gasteiger partial charge in [-0.15, -0.1) is 0 Å². The third-order valence-electron chi connectivity index (χ3n) is 4.48. The Morgan fingerprint density at radius 2 is 1.80 bits per heavy atom. The van der Waals surface area contributed by atoms with Crippen LogP contribution in [-0.4, -0.2) is 18.2 Å². The van der Waals surface area contributed by atoms with Gasteiger partial charge in [0.05, 0.1) is 12.2 Å². The van der Waals surface area contributed by atoms with Gasteiger partial charge in [0.2, 0.25) is 0 Å². The summed E-state index contributed by atoms with van der Waals surface area (Å²) in [5, 5.41) is 1.37. The van der Waals surface area contributed by atoms with E-state index in [2.05, 4.69) is 26.2 Å². The predicted octanol–water partition coefficient (Wildman–Crippen LogP) is 3.43. The van der Waals surface area contributed by atoms with E-state index in [1.54, 1.807) is 0 Å². The summed E-state index contributed by atoms with van der Waals surface area (Å²) in [6.07, 6.45) is 1.11. The van der Waals surface area contributed by atoms with Crippen LogP contribution in [0.2, 0.25) is 10.0 Å². The van der Waals surface area contributed by atoms with E-state index >= 15 is 0 Å². The van der Waals surface area contributed by atoms with Crippen molar-refractivity contribution in [2.75, 3.05) is 0 Å². The molecule has 0 radical (unpaired) electrons. The van der Waals surface area contributed by atoms with E-state index in [4.69, 9.17) is 33.8 Å². The lowest BCUT2D eigenvalue weighted by Gasteiger charge is -2.29. The second kappa shape index (κ2) is 6.63. The van der Waals surface area contributed by atoms with Crippen LogP contribution in [-0.2, 0) is 11.2 Å². The fourth-order valence-electron chi connectivity index (χ4n) is 3.24. The molecule has 112 valence electrons. The van der Waals surface area contributed by atoms with Crippen LogP contribution in [0.15, 0.2) is 18.2 Å². The summed E-state index contributed by atoms with van der Waals surface area (Å²) in [7, 11) is 0. The topological polar surface area (TPSA) is 47.3 Å². The normalized spacial score (nSPS) is 31.5. The van der Waals surface area contributed by atoms with Crippen LogP contribution in [0.1, 0.15) is 26.3 Å². The minimum Gasteiger partial charge on any atom is -0.375 e. The SMILES string of the molecule is CC1OC(C)C(C(Cc2c(Cl)cccc2Cl)NN)C1C. The van der Waals surface area contributed by atoms with Crippen LogP contribution in [0.3, 0.4) is 0 Å². The van der Waals surface area contributed by atoms with E-state index in [9.17, 15) is 0 Å². The minimum absolute atomic E-state index is 0.0855. The molecule has 1 heterocycles. The molecular weight excluding hydrogens is 295 g/mol. The molecule has 2 rings (SSSR count). The Balaban J connectivity index is 2.21. The first kappa shape index (κ1) is 16.1. The molecule has 20 heavy (non-hydrogen) atoms. The van der Waals surface area contributed by atoms with E-state index in [1.165, 1.54) is 0 Å². The van der Waals surface area contributed by atoms with Gasteiger partial charge in [-0.05, 0) is 43.9 Å². The summed E-state index contributed by atoms with van der Waals surface area (Å²) >= 11 is 12.5. The van der Waals surface area contributed by atoms with Gasteiger partial charge in [0.25, 0.3) is 0 Å². The van der Waals surface area contributed by atoms with Crippen LogP contribution >= 0.6 is 23.2 Å². The van der Waals surface area contributed by atoms with Crippen molar-refractivity contribution in [3.8, 4) is 0 Å². The molecule has 1 aromatic rings. The standard InChI is InChI=1S/C15H22Cl2N2O/c1-8-9(2)20-10(3)15(8)14(19-18)7-11-12(16)5-4-6-13(11)17/h4-6,8-10,14-15,19H,7,18H2,1-3H3. The van der Waals surface area contributed by atoms with Gasteiger partial charge >= 0.3 is 0 Å². The van der Waals surface area contributed by atoms with Crippen molar-refractivity contribution in [2.24, 2.45) is 17.7 Å². The molecule has 1 aliphatic rings. The minimum atomic E-state index is 0.0855. The van der Waals surface area contributed by atoms with Crippen molar-refractivity contribution in [3.63, 3.8) is 0 Å². The second-order valence-corrected chi connectivity index (χ2v) is 6.47. The van der Waals surface area contributed by atoms with Crippen molar-refractivity contribution >= 4 is 23.2 Å². The molecule has 0 saturated carbocycles. The lowest BCUT2D eigenvalue weighted by molar-refractivity contribution is 0.0476. The lowest BCUT2D eigenvalue weighted by atomic mass is 9.81. The van der Waals surface area contributed by atoms with Crippen molar-refractivity contribution < 1.29 is 4.74 Å². The Kier molecular flexibility index (Phi) is 5.32. The Labute approximate surface area is 130 Å². The number of hydrogen-bond donors (Lipinski definition) is 2. The number of halogens is 2. The van der Waals surface area contributed by atoms with Gasteiger partial charge < -0.3 is 4.74 Å². The Bertz CT molecular complexity index is 449. The molecule has 0 spiro atoms. The summed E-state index contributed by atoms with van der Waals surface area (Å²) in [6, 6.07) is 5.65. The Hall–Kier alpha value is -0.320. The van der Waals surface area contributed by atoms with Crippen LogP contribution in [0.4, 0.5) is 0 Å². The zero-order valence-corrected chi connectivity index (χ0v) is 13.6. The zero-order valence-electron chi connectivity index (χ0n) is 12.1. The molecule has 1 aromatic carbocycles. The highest BCUT2D eigenvalue weighted by Crippen LogP contribution is 2.36. The molecule has 1 aliphatic heterocycles. The van der Waals surface area contributed by atoms with Gasteiger partial charge in [-0.25, -0.2) is 0 Å². The largest absolute Gasteiger partial charge is 0.375 e. The van der Waals surface area contributed by atoms with Gasteiger partial charge in [-0.3, -0.25) is 11.3 Å². The molecule has 1 saturated heterocycles. The van der Waals surface area contributed by atoms with Crippen molar-refractivity contribution in [2.45, 2.75) is 45.4 Å². The van der Waals surface area contributed by atoms with E-state index in [0.717, 1.165) is 5.56 Å². The second-order valence-electron chi connectivity index (χ2n) is 5.66. The molecule has 1 fully saturated rings. The number of hydrogen-bond acceptors (Lipinski definition) is 3. The van der Waals surface area contributed by atoms with E-state index in [-0.39, 0.29) is 18.2 Å². The lowest BCUT2D eigenvalue weighted by Crippen LogP contribution is -2.46. The molecule has 3 N–H and O–H groups in total.